The van der Waals surface area contributed by atoms with Gasteiger partial charge in [-0.15, -0.1) is 13.2 Å². The first-order valence-electron chi connectivity index (χ1n) is 7.20. The van der Waals surface area contributed by atoms with Crippen molar-refractivity contribution in [2.45, 2.75) is 20.2 Å². The highest BCUT2D eigenvalue weighted by atomic mass is 19.4. The zero-order valence-electron chi connectivity index (χ0n) is 13.2. The average Bonchev–Trinajstić information content (AvgIpc) is 2.48. The maximum Gasteiger partial charge on any atom is 0.573 e. The third-order valence-electron chi connectivity index (χ3n) is 3.21. The molecule has 24 heavy (non-hydrogen) atoms. The summed E-state index contributed by atoms with van der Waals surface area (Å²) in [6, 6.07) is 11.1. The molecule has 2 aromatic carbocycles. The van der Waals surface area contributed by atoms with E-state index in [2.05, 4.69) is 15.4 Å². The second-order valence-electron chi connectivity index (χ2n) is 5.26. The van der Waals surface area contributed by atoms with E-state index in [9.17, 15) is 18.0 Å². The van der Waals surface area contributed by atoms with Crippen LogP contribution in [-0.2, 0) is 4.79 Å². The molecule has 0 atom stereocenters. The average molecular weight is 338 g/mol. The number of carbonyl (C=O) groups excluding carboxylic acids is 1. The summed E-state index contributed by atoms with van der Waals surface area (Å²) in [5, 5.41) is 5.36. The number of anilines is 2. The molecule has 0 radical (unpaired) electrons. The van der Waals surface area contributed by atoms with Gasteiger partial charge in [0.1, 0.15) is 0 Å². The molecule has 0 heterocycles. The van der Waals surface area contributed by atoms with Crippen LogP contribution in [-0.4, -0.2) is 18.8 Å². The molecule has 2 aromatic rings. The lowest BCUT2D eigenvalue weighted by molar-refractivity contribution is -0.274. The van der Waals surface area contributed by atoms with E-state index < -0.39 is 6.36 Å². The number of hydrogen-bond donors (Lipinski definition) is 2. The van der Waals surface area contributed by atoms with Crippen molar-refractivity contribution in [1.82, 2.24) is 0 Å². The van der Waals surface area contributed by atoms with Crippen molar-refractivity contribution in [2.75, 3.05) is 17.2 Å². The van der Waals surface area contributed by atoms with Crippen molar-refractivity contribution < 1.29 is 22.7 Å². The van der Waals surface area contributed by atoms with Gasteiger partial charge in [0.25, 0.3) is 0 Å². The maximum atomic E-state index is 12.4. The fourth-order valence-electron chi connectivity index (χ4n) is 2.15. The number of para-hydroxylation sites is 2. The number of nitrogens with one attached hydrogen (secondary N) is 2. The molecule has 0 saturated carbocycles. The molecule has 0 aliphatic rings. The van der Waals surface area contributed by atoms with Gasteiger partial charge in [-0.2, -0.15) is 0 Å². The number of benzene rings is 2. The molecule has 128 valence electrons. The molecule has 0 saturated heterocycles. The first-order chi connectivity index (χ1) is 11.2. The number of rotatable bonds is 5. The van der Waals surface area contributed by atoms with E-state index in [0.717, 1.165) is 11.1 Å². The lowest BCUT2D eigenvalue weighted by Crippen LogP contribution is -2.23. The number of alkyl halides is 3. The minimum Gasteiger partial charge on any atom is -0.404 e. The van der Waals surface area contributed by atoms with E-state index in [1.165, 1.54) is 18.2 Å². The summed E-state index contributed by atoms with van der Waals surface area (Å²) in [4.78, 5) is 12.0. The Hall–Kier alpha value is -2.70. The lowest BCUT2D eigenvalue weighted by Gasteiger charge is -2.15. The Bertz CT molecular complexity index is 730. The first-order valence-corrected chi connectivity index (χ1v) is 7.20. The highest BCUT2D eigenvalue weighted by Crippen LogP contribution is 2.29. The highest BCUT2D eigenvalue weighted by molar-refractivity contribution is 5.94. The Morgan fingerprint density at radius 1 is 1.08 bits per heavy atom. The van der Waals surface area contributed by atoms with Gasteiger partial charge in [-0.05, 0) is 37.6 Å². The molecule has 4 nitrogen and oxygen atoms in total. The molecule has 7 heteroatoms. The first kappa shape index (κ1) is 17.7. The number of amides is 1. The largest absolute Gasteiger partial charge is 0.573 e. The second-order valence-corrected chi connectivity index (χ2v) is 5.26. The Morgan fingerprint density at radius 2 is 1.79 bits per heavy atom. The summed E-state index contributed by atoms with van der Waals surface area (Å²) in [7, 11) is 0. The molecule has 0 unspecified atom stereocenters. The molecule has 0 aliphatic heterocycles. The van der Waals surface area contributed by atoms with Crippen LogP contribution >= 0.6 is 0 Å². The molecule has 0 aromatic heterocycles. The number of hydrogen-bond acceptors (Lipinski definition) is 3. The number of halogens is 3. The smallest absolute Gasteiger partial charge is 0.404 e. The molecule has 0 fully saturated rings. The van der Waals surface area contributed by atoms with Crippen molar-refractivity contribution in [3.8, 4) is 5.75 Å². The highest BCUT2D eigenvalue weighted by Gasteiger charge is 2.32. The van der Waals surface area contributed by atoms with Crippen LogP contribution in [0.4, 0.5) is 24.5 Å². The van der Waals surface area contributed by atoms with E-state index in [1.54, 1.807) is 12.1 Å². The number of carbonyl (C=O) groups is 1. The molecular formula is C17H17F3N2O2. The summed E-state index contributed by atoms with van der Waals surface area (Å²) >= 11 is 0. The second kappa shape index (κ2) is 7.25. The fraction of sp³-hybridized carbons (Fsp3) is 0.235. The summed E-state index contributed by atoms with van der Waals surface area (Å²) < 4.78 is 41.0. The van der Waals surface area contributed by atoms with E-state index in [0.29, 0.717) is 5.69 Å². The van der Waals surface area contributed by atoms with Crippen LogP contribution in [0.2, 0.25) is 0 Å². The molecule has 0 bridgehead atoms. The standard InChI is InChI=1S/C17H17F3N2O2/c1-11-7-8-13(12(2)9-11)22-16(23)10-21-14-5-3-4-6-15(14)24-17(18,19)20/h3-9,21H,10H2,1-2H3,(H,22,23). The van der Waals surface area contributed by atoms with Gasteiger partial charge in [-0.25, -0.2) is 0 Å². The molecular weight excluding hydrogens is 321 g/mol. The van der Waals surface area contributed by atoms with Crippen LogP contribution in [0.15, 0.2) is 42.5 Å². The Morgan fingerprint density at radius 3 is 2.46 bits per heavy atom. The van der Waals surface area contributed by atoms with E-state index >= 15 is 0 Å². The van der Waals surface area contributed by atoms with Crippen LogP contribution in [0.1, 0.15) is 11.1 Å². The summed E-state index contributed by atoms with van der Waals surface area (Å²) in [6.45, 7) is 3.62. The molecule has 1 amide bonds. The zero-order chi connectivity index (χ0) is 17.7. The fourth-order valence-corrected chi connectivity index (χ4v) is 2.15. The topological polar surface area (TPSA) is 50.4 Å². The zero-order valence-corrected chi connectivity index (χ0v) is 13.2. The van der Waals surface area contributed by atoms with Crippen molar-refractivity contribution in [2.24, 2.45) is 0 Å². The van der Waals surface area contributed by atoms with Crippen LogP contribution in [0.5, 0.6) is 5.75 Å². The van der Waals surface area contributed by atoms with E-state index in [1.807, 2.05) is 26.0 Å². The quantitative estimate of drug-likeness (QED) is 0.857. The minimum absolute atomic E-state index is 0.0885. The Balaban J connectivity index is 1.99. The Labute approximate surface area is 137 Å². The minimum atomic E-state index is -4.79. The van der Waals surface area contributed by atoms with Gasteiger partial charge in [-0.3, -0.25) is 4.79 Å². The monoisotopic (exact) mass is 338 g/mol. The summed E-state index contributed by atoms with van der Waals surface area (Å²) in [6.07, 6.45) is -4.79. The predicted molar refractivity (Wildman–Crippen MR) is 86.2 cm³/mol. The van der Waals surface area contributed by atoms with Crippen molar-refractivity contribution in [3.63, 3.8) is 0 Å². The van der Waals surface area contributed by atoms with E-state index in [4.69, 9.17) is 0 Å². The maximum absolute atomic E-state index is 12.4. The molecule has 2 rings (SSSR count). The van der Waals surface area contributed by atoms with E-state index in [-0.39, 0.29) is 23.9 Å². The summed E-state index contributed by atoms with van der Waals surface area (Å²) in [5.41, 5.74) is 2.73. The van der Waals surface area contributed by atoms with Crippen molar-refractivity contribution in [1.29, 1.82) is 0 Å². The normalized spacial score (nSPS) is 11.0. The van der Waals surface area contributed by atoms with Gasteiger partial charge in [0.05, 0.1) is 12.2 Å². The molecule has 2 N–H and O–H groups in total. The number of ether oxygens (including phenoxy) is 1. The van der Waals surface area contributed by atoms with Crippen LogP contribution in [0, 0.1) is 13.8 Å². The third kappa shape index (κ3) is 5.19. The van der Waals surface area contributed by atoms with Gasteiger partial charge < -0.3 is 15.4 Å². The van der Waals surface area contributed by atoms with Gasteiger partial charge in [0.2, 0.25) is 5.91 Å². The van der Waals surface area contributed by atoms with Crippen LogP contribution in [0.3, 0.4) is 0 Å². The van der Waals surface area contributed by atoms with Gasteiger partial charge in [0.15, 0.2) is 5.75 Å². The molecule has 0 spiro atoms. The summed E-state index contributed by atoms with van der Waals surface area (Å²) in [5.74, 6) is -0.756. The van der Waals surface area contributed by atoms with Crippen LogP contribution in [0.25, 0.3) is 0 Å². The number of aryl methyl sites for hydroxylation is 2. The third-order valence-corrected chi connectivity index (χ3v) is 3.21. The molecule has 0 aliphatic carbocycles. The van der Waals surface area contributed by atoms with Gasteiger partial charge in [0, 0.05) is 5.69 Å². The van der Waals surface area contributed by atoms with Gasteiger partial charge in [-0.1, -0.05) is 29.8 Å². The van der Waals surface area contributed by atoms with Gasteiger partial charge >= 0.3 is 6.36 Å². The predicted octanol–water partition coefficient (Wildman–Crippen LogP) is 4.25. The van der Waals surface area contributed by atoms with Crippen LogP contribution < -0.4 is 15.4 Å². The van der Waals surface area contributed by atoms with Crippen molar-refractivity contribution >= 4 is 17.3 Å². The van der Waals surface area contributed by atoms with Crippen molar-refractivity contribution in [3.05, 3.63) is 53.6 Å². The Kier molecular flexibility index (Phi) is 5.33. The lowest BCUT2D eigenvalue weighted by atomic mass is 10.1. The SMILES string of the molecule is Cc1ccc(NC(=O)CNc2ccccc2OC(F)(F)F)c(C)c1.